The number of carboxylic acid groups (broad SMARTS) is 1. The summed E-state index contributed by atoms with van der Waals surface area (Å²) in [4.78, 5) is 10.9. The largest absolute Gasteiger partial charge is 0.481 e. The number of nitrogens with one attached hydrogen (secondary N) is 1. The molecule has 2 aliphatic carbocycles. The summed E-state index contributed by atoms with van der Waals surface area (Å²) in [5.74, 6) is 0.787. The summed E-state index contributed by atoms with van der Waals surface area (Å²) >= 11 is 0. The molecule has 2 saturated carbocycles. The van der Waals surface area contributed by atoms with E-state index in [0.717, 1.165) is 31.2 Å². The standard InChI is InChI=1S/C21H29NO4S/c1-15-8-10-18(11-9-15)27(25,26)22-20-14-16-12-17(19(20)13-16)6-4-2-3-5-7-21(23)24/h2,4,8-11,16-17,19-20,22H,3,5-7,12-14H2,1H3,(H,23,24). The lowest BCUT2D eigenvalue weighted by Crippen LogP contribution is -2.41. The number of fused-ring (bicyclic) bond motifs is 2. The number of allylic oxidation sites excluding steroid dienone is 2. The molecule has 27 heavy (non-hydrogen) atoms. The molecule has 5 nitrogen and oxygen atoms in total. The quantitative estimate of drug-likeness (QED) is 0.494. The van der Waals surface area contributed by atoms with E-state index in [0.29, 0.717) is 29.1 Å². The van der Waals surface area contributed by atoms with Crippen LogP contribution < -0.4 is 4.72 Å². The minimum Gasteiger partial charge on any atom is -0.481 e. The molecule has 0 heterocycles. The Labute approximate surface area is 161 Å². The second-order valence-electron chi connectivity index (χ2n) is 8.03. The normalized spacial score (nSPS) is 27.4. The van der Waals surface area contributed by atoms with Gasteiger partial charge in [-0.25, -0.2) is 13.1 Å². The van der Waals surface area contributed by atoms with Gasteiger partial charge in [0.1, 0.15) is 0 Å². The predicted octanol–water partition coefficient (Wildman–Crippen LogP) is 3.89. The molecule has 3 rings (SSSR count). The molecule has 0 amide bonds. The van der Waals surface area contributed by atoms with Crippen LogP contribution in [0.1, 0.15) is 50.5 Å². The Hall–Kier alpha value is -1.66. The number of carbonyl (C=O) groups is 1. The fourth-order valence-electron chi connectivity index (χ4n) is 4.65. The molecule has 0 saturated heterocycles. The summed E-state index contributed by atoms with van der Waals surface area (Å²) < 4.78 is 28.4. The number of benzene rings is 1. The Balaban J connectivity index is 1.53. The molecule has 4 atom stereocenters. The van der Waals surface area contributed by atoms with Crippen LogP contribution >= 0.6 is 0 Å². The Bertz CT molecular complexity index is 785. The third kappa shape index (κ3) is 5.20. The molecule has 148 valence electrons. The maximum Gasteiger partial charge on any atom is 0.303 e. The Kier molecular flexibility index (Phi) is 6.37. The van der Waals surface area contributed by atoms with E-state index in [1.54, 1.807) is 12.1 Å². The number of hydrogen-bond acceptors (Lipinski definition) is 3. The molecule has 6 heteroatoms. The van der Waals surface area contributed by atoms with E-state index in [1.165, 1.54) is 6.42 Å². The van der Waals surface area contributed by atoms with Gasteiger partial charge in [0.2, 0.25) is 10.0 Å². The van der Waals surface area contributed by atoms with Crippen molar-refractivity contribution in [2.45, 2.75) is 62.8 Å². The minimum absolute atomic E-state index is 0.0282. The van der Waals surface area contributed by atoms with Crippen LogP contribution in [-0.2, 0) is 14.8 Å². The van der Waals surface area contributed by atoms with Crippen LogP contribution in [0.25, 0.3) is 0 Å². The molecule has 2 N–H and O–H groups in total. The summed E-state index contributed by atoms with van der Waals surface area (Å²) in [6.45, 7) is 1.94. The lowest BCUT2D eigenvalue weighted by atomic mass is 9.83. The molecular formula is C21H29NO4S. The smallest absolute Gasteiger partial charge is 0.303 e. The highest BCUT2D eigenvalue weighted by molar-refractivity contribution is 7.89. The summed E-state index contributed by atoms with van der Waals surface area (Å²) in [6.07, 6.45) is 10.1. The Morgan fingerprint density at radius 1 is 1.19 bits per heavy atom. The van der Waals surface area contributed by atoms with Gasteiger partial charge in [0.05, 0.1) is 4.90 Å². The second kappa shape index (κ2) is 8.57. The molecule has 0 aromatic heterocycles. The SMILES string of the molecule is Cc1ccc(S(=O)(=O)NC2CC3CC(CC=CCCCC(=O)O)C2C3)cc1. The summed E-state index contributed by atoms with van der Waals surface area (Å²) in [7, 11) is -3.47. The third-order valence-electron chi connectivity index (χ3n) is 5.96. The zero-order valence-corrected chi connectivity index (χ0v) is 16.6. The third-order valence-corrected chi connectivity index (χ3v) is 7.46. The van der Waals surface area contributed by atoms with Crippen LogP contribution in [0.2, 0.25) is 0 Å². The zero-order chi connectivity index (χ0) is 19.4. The molecule has 2 aliphatic rings. The van der Waals surface area contributed by atoms with Crippen LogP contribution in [0.5, 0.6) is 0 Å². The number of hydrogen-bond donors (Lipinski definition) is 2. The van der Waals surface area contributed by atoms with Gasteiger partial charge in [-0.2, -0.15) is 0 Å². The summed E-state index contributed by atoms with van der Waals surface area (Å²) in [5, 5.41) is 8.65. The Morgan fingerprint density at radius 2 is 1.93 bits per heavy atom. The van der Waals surface area contributed by atoms with Crippen LogP contribution in [0.3, 0.4) is 0 Å². The lowest BCUT2D eigenvalue weighted by Gasteiger charge is -2.29. The molecule has 1 aromatic rings. The molecule has 0 spiro atoms. The van der Waals surface area contributed by atoms with Crippen molar-refractivity contribution < 1.29 is 18.3 Å². The highest BCUT2D eigenvalue weighted by Gasteiger charge is 2.46. The van der Waals surface area contributed by atoms with Crippen molar-refractivity contribution in [1.29, 1.82) is 0 Å². The van der Waals surface area contributed by atoms with Crippen molar-refractivity contribution in [2.24, 2.45) is 17.8 Å². The lowest BCUT2D eigenvalue weighted by molar-refractivity contribution is -0.137. The highest BCUT2D eigenvalue weighted by atomic mass is 32.2. The van der Waals surface area contributed by atoms with Crippen molar-refractivity contribution >= 4 is 16.0 Å². The van der Waals surface area contributed by atoms with E-state index in [1.807, 2.05) is 19.1 Å². The van der Waals surface area contributed by atoms with E-state index >= 15 is 0 Å². The highest BCUT2D eigenvalue weighted by Crippen LogP contribution is 2.50. The van der Waals surface area contributed by atoms with Gasteiger partial charge in [-0.15, -0.1) is 0 Å². The topological polar surface area (TPSA) is 83.5 Å². The number of sulfonamides is 1. The molecule has 0 radical (unpaired) electrons. The molecule has 2 bridgehead atoms. The minimum atomic E-state index is -3.47. The number of unbranched alkanes of at least 4 members (excludes halogenated alkanes) is 1. The number of aryl methyl sites for hydroxylation is 1. The fraction of sp³-hybridized carbons (Fsp3) is 0.571. The van der Waals surface area contributed by atoms with Gasteiger partial charge in [-0.3, -0.25) is 4.79 Å². The molecule has 4 unspecified atom stereocenters. The number of carboxylic acids is 1. The van der Waals surface area contributed by atoms with Gasteiger partial charge in [0, 0.05) is 12.5 Å². The van der Waals surface area contributed by atoms with Gasteiger partial charge >= 0.3 is 5.97 Å². The predicted molar refractivity (Wildman–Crippen MR) is 105 cm³/mol. The first-order valence-corrected chi connectivity index (χ1v) is 11.3. The van der Waals surface area contributed by atoms with Crippen LogP contribution in [0, 0.1) is 24.7 Å². The molecule has 2 fully saturated rings. The van der Waals surface area contributed by atoms with Gasteiger partial charge in [-0.05, 0) is 75.3 Å². The van der Waals surface area contributed by atoms with E-state index < -0.39 is 16.0 Å². The first-order chi connectivity index (χ1) is 12.8. The zero-order valence-electron chi connectivity index (χ0n) is 15.8. The number of aliphatic carboxylic acids is 1. The van der Waals surface area contributed by atoms with Crippen molar-refractivity contribution in [3.63, 3.8) is 0 Å². The van der Waals surface area contributed by atoms with E-state index in [2.05, 4.69) is 16.9 Å². The van der Waals surface area contributed by atoms with Gasteiger partial charge < -0.3 is 5.11 Å². The first kappa shape index (κ1) is 20.1. The summed E-state index contributed by atoms with van der Waals surface area (Å²) in [6, 6.07) is 7.02. The molecule has 1 aromatic carbocycles. The van der Waals surface area contributed by atoms with Crippen molar-refractivity contribution in [3.05, 3.63) is 42.0 Å². The van der Waals surface area contributed by atoms with Crippen molar-refractivity contribution in [3.8, 4) is 0 Å². The van der Waals surface area contributed by atoms with Gasteiger partial charge in [0.25, 0.3) is 0 Å². The molecule has 0 aliphatic heterocycles. The molecular weight excluding hydrogens is 362 g/mol. The maximum atomic E-state index is 12.7. The Morgan fingerprint density at radius 3 is 2.59 bits per heavy atom. The van der Waals surface area contributed by atoms with Crippen LogP contribution in [0.4, 0.5) is 0 Å². The van der Waals surface area contributed by atoms with E-state index in [9.17, 15) is 13.2 Å². The summed E-state index contributed by atoms with van der Waals surface area (Å²) in [5.41, 5.74) is 1.05. The van der Waals surface area contributed by atoms with Crippen LogP contribution in [0.15, 0.2) is 41.3 Å². The average Bonchev–Trinajstić information content (AvgIpc) is 3.17. The van der Waals surface area contributed by atoms with Crippen LogP contribution in [-0.4, -0.2) is 25.5 Å². The van der Waals surface area contributed by atoms with Crippen molar-refractivity contribution in [2.75, 3.05) is 0 Å². The number of rotatable bonds is 9. The van der Waals surface area contributed by atoms with Gasteiger partial charge in [0.15, 0.2) is 0 Å². The van der Waals surface area contributed by atoms with E-state index in [-0.39, 0.29) is 12.5 Å². The fourth-order valence-corrected chi connectivity index (χ4v) is 5.95. The monoisotopic (exact) mass is 391 g/mol. The first-order valence-electron chi connectivity index (χ1n) is 9.81. The van der Waals surface area contributed by atoms with Gasteiger partial charge in [-0.1, -0.05) is 29.8 Å². The maximum absolute atomic E-state index is 12.7. The average molecular weight is 392 g/mol. The van der Waals surface area contributed by atoms with Crippen molar-refractivity contribution in [1.82, 2.24) is 4.72 Å². The second-order valence-corrected chi connectivity index (χ2v) is 9.74. The van der Waals surface area contributed by atoms with E-state index in [4.69, 9.17) is 5.11 Å².